The maximum atomic E-state index is 14.0. The first kappa shape index (κ1) is 16.7. The number of anilines is 1. The number of ether oxygens (including phenoxy) is 1. The van der Waals surface area contributed by atoms with Crippen LogP contribution in [0.1, 0.15) is 19.8 Å². The Kier molecular flexibility index (Phi) is 5.24. The molecule has 1 aromatic carbocycles. The lowest BCUT2D eigenvalue weighted by molar-refractivity contribution is 0.0585. The fourth-order valence-electron chi connectivity index (χ4n) is 2.40. The molecule has 1 aliphatic heterocycles. The zero-order chi connectivity index (χ0) is 15.6. The van der Waals surface area contributed by atoms with Gasteiger partial charge in [0.1, 0.15) is 4.90 Å². The molecular formula is C13H18BrFN2O3S. The van der Waals surface area contributed by atoms with Crippen LogP contribution in [0.2, 0.25) is 0 Å². The molecule has 21 heavy (non-hydrogen) atoms. The van der Waals surface area contributed by atoms with Gasteiger partial charge in [-0.05, 0) is 53.7 Å². The Morgan fingerprint density at radius 2 is 2.05 bits per heavy atom. The van der Waals surface area contributed by atoms with Gasteiger partial charge in [0.2, 0.25) is 10.0 Å². The number of hydrogen-bond acceptors (Lipinski definition) is 4. The summed E-state index contributed by atoms with van der Waals surface area (Å²) in [5.74, 6) is -0.656. The van der Waals surface area contributed by atoms with Crippen LogP contribution in [-0.4, -0.2) is 27.7 Å². The molecule has 0 aliphatic carbocycles. The van der Waals surface area contributed by atoms with Crippen LogP contribution in [-0.2, 0) is 14.8 Å². The fraction of sp³-hybridized carbons (Fsp3) is 0.538. The first-order valence-corrected chi connectivity index (χ1v) is 8.93. The van der Waals surface area contributed by atoms with Gasteiger partial charge in [0.15, 0.2) is 5.82 Å². The standard InChI is InChI=1S/C13H18BrFN2O3S/c1-8(9-2-4-20-5-3-9)17-21(18,19)12-7-10(16)6-11(14)13(12)15/h6-9,17H,2-5,16H2,1H3. The third kappa shape index (κ3) is 3.94. The SMILES string of the molecule is CC(NS(=O)(=O)c1cc(N)cc(Br)c1F)C1CCOCC1. The van der Waals surface area contributed by atoms with E-state index in [9.17, 15) is 12.8 Å². The lowest BCUT2D eigenvalue weighted by atomic mass is 9.94. The maximum absolute atomic E-state index is 14.0. The highest BCUT2D eigenvalue weighted by Gasteiger charge is 2.28. The van der Waals surface area contributed by atoms with E-state index in [-0.39, 0.29) is 22.1 Å². The molecule has 1 saturated heterocycles. The minimum Gasteiger partial charge on any atom is -0.399 e. The smallest absolute Gasteiger partial charge is 0.243 e. The zero-order valence-electron chi connectivity index (χ0n) is 11.6. The summed E-state index contributed by atoms with van der Waals surface area (Å²) in [5.41, 5.74) is 5.78. The topological polar surface area (TPSA) is 81.4 Å². The van der Waals surface area contributed by atoms with E-state index in [2.05, 4.69) is 20.7 Å². The van der Waals surface area contributed by atoms with E-state index in [0.717, 1.165) is 18.9 Å². The Morgan fingerprint density at radius 3 is 2.67 bits per heavy atom. The Hall–Kier alpha value is -0.700. The van der Waals surface area contributed by atoms with Gasteiger partial charge in [-0.1, -0.05) is 0 Å². The van der Waals surface area contributed by atoms with Crippen LogP contribution in [0.3, 0.4) is 0 Å². The van der Waals surface area contributed by atoms with Gasteiger partial charge in [-0.3, -0.25) is 0 Å². The first-order chi connectivity index (χ1) is 9.81. The summed E-state index contributed by atoms with van der Waals surface area (Å²) in [6, 6.07) is 2.16. The minimum atomic E-state index is -3.96. The van der Waals surface area contributed by atoms with Crippen LogP contribution in [0, 0.1) is 11.7 Å². The molecule has 0 amide bonds. The first-order valence-electron chi connectivity index (χ1n) is 6.66. The number of halogens is 2. The summed E-state index contributed by atoms with van der Waals surface area (Å²) in [7, 11) is -3.96. The monoisotopic (exact) mass is 380 g/mol. The summed E-state index contributed by atoms with van der Waals surface area (Å²) < 4.78 is 46.6. The Labute approximate surface area is 132 Å². The van der Waals surface area contributed by atoms with Crippen molar-refractivity contribution in [2.45, 2.75) is 30.7 Å². The van der Waals surface area contributed by atoms with Crippen molar-refractivity contribution in [2.75, 3.05) is 18.9 Å². The van der Waals surface area contributed by atoms with E-state index in [4.69, 9.17) is 10.5 Å². The molecule has 1 fully saturated rings. The largest absolute Gasteiger partial charge is 0.399 e. The molecule has 1 heterocycles. The summed E-state index contributed by atoms with van der Waals surface area (Å²) in [4.78, 5) is -0.437. The Morgan fingerprint density at radius 1 is 1.43 bits per heavy atom. The third-order valence-electron chi connectivity index (χ3n) is 3.62. The van der Waals surface area contributed by atoms with Crippen LogP contribution >= 0.6 is 15.9 Å². The quantitative estimate of drug-likeness (QED) is 0.784. The molecule has 0 spiro atoms. The van der Waals surface area contributed by atoms with E-state index in [1.54, 1.807) is 6.92 Å². The molecule has 5 nitrogen and oxygen atoms in total. The van der Waals surface area contributed by atoms with E-state index < -0.39 is 20.7 Å². The van der Waals surface area contributed by atoms with Crippen LogP contribution in [0.25, 0.3) is 0 Å². The highest BCUT2D eigenvalue weighted by atomic mass is 79.9. The van der Waals surface area contributed by atoms with Crippen molar-refractivity contribution in [3.63, 3.8) is 0 Å². The summed E-state index contributed by atoms with van der Waals surface area (Å²) in [6.45, 7) is 3.02. The number of benzene rings is 1. The van der Waals surface area contributed by atoms with Crippen LogP contribution in [0.5, 0.6) is 0 Å². The van der Waals surface area contributed by atoms with Gasteiger partial charge in [0, 0.05) is 24.9 Å². The van der Waals surface area contributed by atoms with Crippen molar-refractivity contribution in [2.24, 2.45) is 5.92 Å². The van der Waals surface area contributed by atoms with E-state index in [0.29, 0.717) is 13.2 Å². The highest BCUT2D eigenvalue weighted by molar-refractivity contribution is 9.10. The average molecular weight is 381 g/mol. The number of nitrogens with one attached hydrogen (secondary N) is 1. The zero-order valence-corrected chi connectivity index (χ0v) is 14.0. The summed E-state index contributed by atoms with van der Waals surface area (Å²) >= 11 is 2.97. The Balaban J connectivity index is 2.22. The number of sulfonamides is 1. The second-order valence-electron chi connectivity index (χ2n) is 5.17. The molecule has 1 unspecified atom stereocenters. The van der Waals surface area contributed by atoms with Crippen molar-refractivity contribution < 1.29 is 17.5 Å². The van der Waals surface area contributed by atoms with Crippen LogP contribution < -0.4 is 10.5 Å². The lowest BCUT2D eigenvalue weighted by Crippen LogP contribution is -2.40. The summed E-state index contributed by atoms with van der Waals surface area (Å²) in [6.07, 6.45) is 1.57. The number of nitrogen functional groups attached to an aromatic ring is 1. The maximum Gasteiger partial charge on any atom is 0.243 e. The summed E-state index contributed by atoms with van der Waals surface area (Å²) in [5, 5.41) is 0. The molecule has 1 aromatic rings. The normalized spacial score (nSPS) is 18.6. The predicted octanol–water partition coefficient (Wildman–Crippen LogP) is 2.26. The van der Waals surface area contributed by atoms with E-state index in [1.807, 2.05) is 0 Å². The molecule has 118 valence electrons. The van der Waals surface area contributed by atoms with Gasteiger partial charge in [0.05, 0.1) is 4.47 Å². The van der Waals surface area contributed by atoms with Gasteiger partial charge >= 0.3 is 0 Å². The van der Waals surface area contributed by atoms with Gasteiger partial charge in [-0.15, -0.1) is 0 Å². The van der Waals surface area contributed by atoms with Crippen molar-refractivity contribution in [3.05, 3.63) is 22.4 Å². The van der Waals surface area contributed by atoms with Gasteiger partial charge in [-0.25, -0.2) is 17.5 Å². The average Bonchev–Trinajstić information content (AvgIpc) is 2.43. The molecule has 2 rings (SSSR count). The fourth-order valence-corrected chi connectivity index (χ4v) is 4.45. The second-order valence-corrected chi connectivity index (χ2v) is 7.71. The van der Waals surface area contributed by atoms with Gasteiger partial charge in [0.25, 0.3) is 0 Å². The Bertz CT molecular complexity index is 618. The highest BCUT2D eigenvalue weighted by Crippen LogP contribution is 2.27. The van der Waals surface area contributed by atoms with Crippen LogP contribution in [0.4, 0.5) is 10.1 Å². The minimum absolute atomic E-state index is 0.0293. The molecule has 0 bridgehead atoms. The molecule has 1 aliphatic rings. The number of rotatable bonds is 4. The molecule has 8 heteroatoms. The van der Waals surface area contributed by atoms with Crippen molar-refractivity contribution >= 4 is 31.6 Å². The molecule has 0 saturated carbocycles. The molecule has 3 N–H and O–H groups in total. The molecule has 0 aromatic heterocycles. The van der Waals surface area contributed by atoms with Crippen LogP contribution in [0.15, 0.2) is 21.5 Å². The van der Waals surface area contributed by atoms with Gasteiger partial charge in [-0.2, -0.15) is 0 Å². The predicted molar refractivity (Wildman–Crippen MR) is 81.8 cm³/mol. The van der Waals surface area contributed by atoms with E-state index >= 15 is 0 Å². The number of nitrogens with two attached hydrogens (primary N) is 1. The van der Waals surface area contributed by atoms with E-state index in [1.165, 1.54) is 6.07 Å². The molecular weight excluding hydrogens is 363 g/mol. The van der Waals surface area contributed by atoms with Crippen molar-refractivity contribution in [1.29, 1.82) is 0 Å². The number of hydrogen-bond donors (Lipinski definition) is 2. The molecule has 0 radical (unpaired) electrons. The molecule has 1 atom stereocenters. The van der Waals surface area contributed by atoms with Gasteiger partial charge < -0.3 is 10.5 Å². The van der Waals surface area contributed by atoms with Crippen molar-refractivity contribution in [3.8, 4) is 0 Å². The lowest BCUT2D eigenvalue weighted by Gasteiger charge is -2.28. The third-order valence-corrected chi connectivity index (χ3v) is 5.76. The second kappa shape index (κ2) is 6.60. The van der Waals surface area contributed by atoms with Crippen molar-refractivity contribution in [1.82, 2.24) is 4.72 Å².